The average molecular weight is 222 g/mol. The van der Waals surface area contributed by atoms with Gasteiger partial charge in [-0.2, -0.15) is 0 Å². The molecule has 1 N–H and O–H groups in total. The Kier molecular flexibility index (Phi) is 5.69. The minimum absolute atomic E-state index is 0.141. The van der Waals surface area contributed by atoms with Gasteiger partial charge in [0, 0.05) is 0 Å². The lowest BCUT2D eigenvalue weighted by molar-refractivity contribution is -0.132. The molecule has 0 aliphatic carbocycles. The summed E-state index contributed by atoms with van der Waals surface area (Å²) in [6.07, 6.45) is 1.23. The van der Waals surface area contributed by atoms with E-state index in [4.69, 9.17) is 14.2 Å². The summed E-state index contributed by atoms with van der Waals surface area (Å²) in [7, 11) is -3.62. The van der Waals surface area contributed by atoms with Gasteiger partial charge in [-0.15, -0.1) is 0 Å². The Bertz CT molecular complexity index is 261. The Labute approximate surface area is 83.3 Å². The van der Waals surface area contributed by atoms with E-state index in [-0.39, 0.29) is 18.5 Å². The Morgan fingerprint density at radius 1 is 1.36 bits per heavy atom. The Balaban J connectivity index is 4.97. The first kappa shape index (κ1) is 13.4. The van der Waals surface area contributed by atoms with E-state index in [9.17, 15) is 9.36 Å². The lowest BCUT2D eigenvalue weighted by atomic mass is 10.5. The van der Waals surface area contributed by atoms with Crippen LogP contribution in [0.25, 0.3) is 0 Å². The van der Waals surface area contributed by atoms with Crippen molar-refractivity contribution in [1.82, 2.24) is 0 Å². The van der Waals surface area contributed by atoms with Crippen molar-refractivity contribution in [2.24, 2.45) is 0 Å². The maximum absolute atomic E-state index is 11.9. The molecule has 0 amide bonds. The minimum Gasteiger partial charge on any atom is -0.477 e. The maximum Gasteiger partial charge on any atom is 0.368 e. The second-order valence-electron chi connectivity index (χ2n) is 2.31. The van der Waals surface area contributed by atoms with Crippen LogP contribution in [0, 0.1) is 0 Å². The molecule has 0 atom stereocenters. The predicted molar refractivity (Wildman–Crippen MR) is 52.3 cm³/mol. The smallest absolute Gasteiger partial charge is 0.368 e. The maximum atomic E-state index is 11.9. The number of carboxylic acid groups (broad SMARTS) is 1. The SMILES string of the molecule is C/C=C(/C(=O)O)P(=O)(OCC)OCC. The molecule has 14 heavy (non-hydrogen) atoms. The fraction of sp³-hybridized carbons (Fsp3) is 0.625. The summed E-state index contributed by atoms with van der Waals surface area (Å²) < 4.78 is 21.6. The molecule has 0 spiro atoms. The number of hydrogen-bond donors (Lipinski definition) is 1. The van der Waals surface area contributed by atoms with E-state index >= 15 is 0 Å². The summed E-state index contributed by atoms with van der Waals surface area (Å²) in [6, 6.07) is 0. The highest BCUT2D eigenvalue weighted by Gasteiger charge is 2.33. The van der Waals surface area contributed by atoms with Crippen LogP contribution in [0.5, 0.6) is 0 Å². The van der Waals surface area contributed by atoms with Gasteiger partial charge in [0.25, 0.3) is 0 Å². The quantitative estimate of drug-likeness (QED) is 0.551. The van der Waals surface area contributed by atoms with Gasteiger partial charge in [0.05, 0.1) is 13.2 Å². The van der Waals surface area contributed by atoms with Crippen LogP contribution in [0.1, 0.15) is 20.8 Å². The van der Waals surface area contributed by atoms with Crippen molar-refractivity contribution in [3.05, 3.63) is 11.4 Å². The molecule has 0 rings (SSSR count). The average Bonchev–Trinajstić information content (AvgIpc) is 2.04. The molecule has 5 nitrogen and oxygen atoms in total. The van der Waals surface area contributed by atoms with E-state index in [1.807, 2.05) is 0 Å². The first-order valence-electron chi connectivity index (χ1n) is 4.31. The monoisotopic (exact) mass is 222 g/mol. The van der Waals surface area contributed by atoms with Crippen molar-refractivity contribution in [1.29, 1.82) is 0 Å². The van der Waals surface area contributed by atoms with Crippen LogP contribution in [-0.4, -0.2) is 24.3 Å². The largest absolute Gasteiger partial charge is 0.477 e. The zero-order chi connectivity index (χ0) is 11.2. The molecule has 0 heterocycles. The molecule has 0 radical (unpaired) electrons. The summed E-state index contributed by atoms with van der Waals surface area (Å²) in [6.45, 7) is 5.01. The van der Waals surface area contributed by atoms with E-state index in [1.165, 1.54) is 13.0 Å². The fourth-order valence-corrected chi connectivity index (χ4v) is 2.50. The first-order chi connectivity index (χ1) is 6.51. The highest BCUT2D eigenvalue weighted by atomic mass is 31.2. The summed E-state index contributed by atoms with van der Waals surface area (Å²) in [5.41, 5.74) is 0. The highest BCUT2D eigenvalue weighted by Crippen LogP contribution is 2.55. The number of allylic oxidation sites excluding steroid dienone is 1. The lowest BCUT2D eigenvalue weighted by Gasteiger charge is -2.16. The van der Waals surface area contributed by atoms with Crippen LogP contribution in [0.2, 0.25) is 0 Å². The third-order valence-electron chi connectivity index (χ3n) is 1.39. The molecule has 0 aromatic heterocycles. The Morgan fingerprint density at radius 3 is 2.00 bits per heavy atom. The van der Waals surface area contributed by atoms with Gasteiger partial charge in [-0.3, -0.25) is 4.57 Å². The number of rotatable bonds is 6. The van der Waals surface area contributed by atoms with E-state index in [0.717, 1.165) is 0 Å². The van der Waals surface area contributed by atoms with Crippen LogP contribution in [0.15, 0.2) is 11.4 Å². The van der Waals surface area contributed by atoms with E-state index < -0.39 is 13.6 Å². The molecule has 0 fully saturated rings. The summed E-state index contributed by atoms with van der Waals surface area (Å²) in [5, 5.41) is 8.44. The standard InChI is InChI=1S/C8H15O5P/c1-4-7(8(9)10)14(11,12-5-2)13-6-3/h4H,5-6H2,1-3H3,(H,9,10)/b7-4-. The van der Waals surface area contributed by atoms with Gasteiger partial charge in [-0.05, 0) is 20.8 Å². The molecule has 0 aliphatic heterocycles. The van der Waals surface area contributed by atoms with Gasteiger partial charge in [-0.25, -0.2) is 4.79 Å². The summed E-state index contributed by atoms with van der Waals surface area (Å²) in [4.78, 5) is 10.7. The summed E-state index contributed by atoms with van der Waals surface area (Å²) in [5.74, 6) is -1.28. The van der Waals surface area contributed by atoms with Gasteiger partial charge in [0.15, 0.2) is 0 Å². The van der Waals surface area contributed by atoms with Crippen molar-refractivity contribution < 1.29 is 23.5 Å². The molecule has 6 heteroatoms. The molecule has 82 valence electrons. The third kappa shape index (κ3) is 3.25. The molecule has 0 aromatic rings. The lowest BCUT2D eigenvalue weighted by Crippen LogP contribution is -2.06. The van der Waals surface area contributed by atoms with Crippen molar-refractivity contribution in [2.45, 2.75) is 20.8 Å². The Hall–Kier alpha value is -0.640. The zero-order valence-electron chi connectivity index (χ0n) is 8.52. The van der Waals surface area contributed by atoms with Crippen molar-refractivity contribution >= 4 is 13.6 Å². The highest BCUT2D eigenvalue weighted by molar-refractivity contribution is 7.59. The van der Waals surface area contributed by atoms with E-state index in [1.54, 1.807) is 13.8 Å². The molecule has 0 saturated carbocycles. The molecular formula is C8H15O5P. The zero-order valence-corrected chi connectivity index (χ0v) is 9.41. The van der Waals surface area contributed by atoms with Crippen LogP contribution in [0.4, 0.5) is 0 Å². The number of aliphatic carboxylic acids is 1. The first-order valence-corrected chi connectivity index (χ1v) is 5.85. The summed E-state index contributed by atoms with van der Waals surface area (Å²) >= 11 is 0. The normalized spacial score (nSPS) is 12.9. The topological polar surface area (TPSA) is 72.8 Å². The van der Waals surface area contributed by atoms with Crippen LogP contribution in [-0.2, 0) is 18.4 Å². The number of hydrogen-bond acceptors (Lipinski definition) is 4. The number of carboxylic acids is 1. The third-order valence-corrected chi connectivity index (χ3v) is 3.62. The van der Waals surface area contributed by atoms with Crippen LogP contribution < -0.4 is 0 Å². The van der Waals surface area contributed by atoms with Gasteiger partial charge >= 0.3 is 13.6 Å². The van der Waals surface area contributed by atoms with E-state index in [2.05, 4.69) is 0 Å². The minimum atomic E-state index is -3.62. The molecule has 0 aromatic carbocycles. The molecule has 0 saturated heterocycles. The predicted octanol–water partition coefficient (Wildman–Crippen LogP) is 2.24. The second-order valence-corrected chi connectivity index (χ2v) is 4.31. The molecular weight excluding hydrogens is 207 g/mol. The fourth-order valence-electron chi connectivity index (χ4n) is 0.915. The van der Waals surface area contributed by atoms with Crippen LogP contribution in [0.3, 0.4) is 0 Å². The van der Waals surface area contributed by atoms with Gasteiger partial charge < -0.3 is 14.2 Å². The van der Waals surface area contributed by atoms with Gasteiger partial charge in [0.2, 0.25) is 0 Å². The number of carbonyl (C=O) groups is 1. The molecule has 0 aliphatic rings. The van der Waals surface area contributed by atoms with Crippen molar-refractivity contribution in [2.75, 3.05) is 13.2 Å². The van der Waals surface area contributed by atoms with E-state index in [0.29, 0.717) is 0 Å². The van der Waals surface area contributed by atoms with Gasteiger partial charge in [0.1, 0.15) is 5.31 Å². The second kappa shape index (κ2) is 5.96. The molecule has 0 unspecified atom stereocenters. The Morgan fingerprint density at radius 2 is 1.79 bits per heavy atom. The molecule has 0 bridgehead atoms. The van der Waals surface area contributed by atoms with Gasteiger partial charge in [-0.1, -0.05) is 6.08 Å². The van der Waals surface area contributed by atoms with Crippen molar-refractivity contribution in [3.63, 3.8) is 0 Å². The van der Waals surface area contributed by atoms with Crippen LogP contribution >= 0.6 is 7.60 Å². The van der Waals surface area contributed by atoms with Crippen molar-refractivity contribution in [3.8, 4) is 0 Å².